The number of hydrogen-bond donors (Lipinski definition) is 1. The maximum atomic E-state index is 5.37. The highest BCUT2D eigenvalue weighted by molar-refractivity contribution is 7.71. The Labute approximate surface area is 128 Å². The number of benzene rings is 1. The van der Waals surface area contributed by atoms with Crippen molar-refractivity contribution in [3.8, 4) is 11.5 Å². The first kappa shape index (κ1) is 13.7. The van der Waals surface area contributed by atoms with Crippen LogP contribution in [0.3, 0.4) is 0 Å². The first-order valence-corrected chi connectivity index (χ1v) is 7.34. The maximum Gasteiger partial charge on any atom is 0.195 e. The van der Waals surface area contributed by atoms with Gasteiger partial charge in [0.1, 0.15) is 5.69 Å². The van der Waals surface area contributed by atoms with Crippen molar-refractivity contribution in [3.63, 3.8) is 0 Å². The van der Waals surface area contributed by atoms with Crippen LogP contribution in [0.1, 0.15) is 18.1 Å². The van der Waals surface area contributed by atoms with Gasteiger partial charge in [-0.2, -0.15) is 5.10 Å². The molecule has 0 aliphatic rings. The van der Waals surface area contributed by atoms with E-state index in [1.54, 1.807) is 6.20 Å². The zero-order valence-electron chi connectivity index (χ0n) is 11.8. The van der Waals surface area contributed by atoms with Crippen molar-refractivity contribution in [1.29, 1.82) is 0 Å². The largest absolute Gasteiger partial charge is 0.294 e. The van der Waals surface area contributed by atoms with Gasteiger partial charge < -0.3 is 0 Å². The second kappa shape index (κ2) is 6.01. The molecule has 2 aromatic heterocycles. The fraction of sp³-hybridized carbons (Fsp3) is 0.188. The van der Waals surface area contributed by atoms with Crippen molar-refractivity contribution in [2.24, 2.45) is 0 Å². The van der Waals surface area contributed by atoms with Gasteiger partial charge >= 0.3 is 0 Å². The quantitative estimate of drug-likeness (QED) is 0.748. The molecule has 5 heteroatoms. The lowest BCUT2D eigenvalue weighted by Gasteiger charge is -2.10. The fourth-order valence-corrected chi connectivity index (χ4v) is 2.58. The van der Waals surface area contributed by atoms with Gasteiger partial charge in [0.05, 0.1) is 6.54 Å². The van der Waals surface area contributed by atoms with E-state index in [1.165, 1.54) is 11.1 Å². The smallest absolute Gasteiger partial charge is 0.195 e. The molecule has 3 rings (SSSR count). The number of pyridine rings is 1. The van der Waals surface area contributed by atoms with Crippen molar-refractivity contribution in [2.45, 2.75) is 19.9 Å². The van der Waals surface area contributed by atoms with Crippen molar-refractivity contribution >= 4 is 12.2 Å². The molecule has 0 unspecified atom stereocenters. The highest BCUT2D eigenvalue weighted by Crippen LogP contribution is 2.18. The molecule has 21 heavy (non-hydrogen) atoms. The molecule has 2 heterocycles. The summed E-state index contributed by atoms with van der Waals surface area (Å²) >= 11 is 5.37. The minimum absolute atomic E-state index is 0.613. The van der Waals surface area contributed by atoms with Crippen LogP contribution in [0.2, 0.25) is 0 Å². The molecule has 0 radical (unpaired) electrons. The van der Waals surface area contributed by atoms with E-state index in [-0.39, 0.29) is 0 Å². The van der Waals surface area contributed by atoms with Crippen LogP contribution in [0.4, 0.5) is 0 Å². The molecule has 0 bridgehead atoms. The number of aromatic nitrogens is 4. The van der Waals surface area contributed by atoms with Crippen molar-refractivity contribution in [2.75, 3.05) is 0 Å². The first-order valence-electron chi connectivity index (χ1n) is 6.93. The molecular formula is C16H16N4S. The third-order valence-corrected chi connectivity index (χ3v) is 3.79. The number of aryl methyl sites for hydroxylation is 1. The Bertz CT molecular complexity index is 789. The summed E-state index contributed by atoms with van der Waals surface area (Å²) in [4.78, 5) is 4.36. The topological polar surface area (TPSA) is 46.5 Å². The summed E-state index contributed by atoms with van der Waals surface area (Å²) in [5, 5.41) is 7.19. The van der Waals surface area contributed by atoms with Crippen LogP contribution in [0.15, 0.2) is 48.7 Å². The fourth-order valence-electron chi connectivity index (χ4n) is 2.38. The summed E-state index contributed by atoms with van der Waals surface area (Å²) in [6.45, 7) is 2.86. The minimum atomic E-state index is 0.613. The molecule has 0 aliphatic heterocycles. The Morgan fingerprint density at radius 1 is 1.10 bits per heavy atom. The Morgan fingerprint density at radius 2 is 1.86 bits per heavy atom. The number of hydrogen-bond acceptors (Lipinski definition) is 3. The van der Waals surface area contributed by atoms with Gasteiger partial charge in [0, 0.05) is 6.20 Å². The van der Waals surface area contributed by atoms with Crippen LogP contribution in [0.25, 0.3) is 11.5 Å². The van der Waals surface area contributed by atoms with Gasteiger partial charge in [0.2, 0.25) is 0 Å². The van der Waals surface area contributed by atoms with Crippen LogP contribution < -0.4 is 0 Å². The molecule has 0 saturated heterocycles. The van der Waals surface area contributed by atoms with Crippen molar-refractivity contribution in [1.82, 2.24) is 19.7 Å². The van der Waals surface area contributed by atoms with E-state index >= 15 is 0 Å². The Balaban J connectivity index is 2.04. The van der Waals surface area contributed by atoms with Gasteiger partial charge in [-0.05, 0) is 41.9 Å². The Kier molecular flexibility index (Phi) is 3.92. The summed E-state index contributed by atoms with van der Waals surface area (Å²) < 4.78 is 2.60. The third-order valence-electron chi connectivity index (χ3n) is 3.48. The lowest BCUT2D eigenvalue weighted by atomic mass is 10.1. The van der Waals surface area contributed by atoms with E-state index in [1.807, 2.05) is 22.8 Å². The summed E-state index contributed by atoms with van der Waals surface area (Å²) in [5.41, 5.74) is 3.40. The van der Waals surface area contributed by atoms with Gasteiger partial charge in [-0.3, -0.25) is 14.6 Å². The van der Waals surface area contributed by atoms with E-state index in [2.05, 4.69) is 46.4 Å². The molecule has 0 amide bonds. The van der Waals surface area contributed by atoms with E-state index in [4.69, 9.17) is 12.2 Å². The van der Waals surface area contributed by atoms with Crippen LogP contribution in [-0.2, 0) is 13.0 Å². The van der Waals surface area contributed by atoms with Crippen LogP contribution in [-0.4, -0.2) is 19.7 Å². The third kappa shape index (κ3) is 2.78. The number of aromatic amines is 1. The highest BCUT2D eigenvalue weighted by atomic mass is 32.1. The summed E-state index contributed by atoms with van der Waals surface area (Å²) in [6.07, 6.45) is 2.76. The molecule has 0 spiro atoms. The predicted molar refractivity (Wildman–Crippen MR) is 85.6 cm³/mol. The summed E-state index contributed by atoms with van der Waals surface area (Å²) in [5.74, 6) is 0.770. The molecule has 0 fully saturated rings. The van der Waals surface area contributed by atoms with Gasteiger partial charge in [0.15, 0.2) is 10.6 Å². The van der Waals surface area contributed by atoms with Crippen molar-refractivity contribution in [3.05, 3.63) is 64.6 Å². The first-order chi connectivity index (χ1) is 10.3. The summed E-state index contributed by atoms with van der Waals surface area (Å²) in [6, 6.07) is 14.2. The van der Waals surface area contributed by atoms with Gasteiger partial charge in [-0.15, -0.1) is 0 Å². The molecule has 4 nitrogen and oxygen atoms in total. The lowest BCUT2D eigenvalue weighted by Crippen LogP contribution is -2.05. The second-order valence-corrected chi connectivity index (χ2v) is 5.16. The minimum Gasteiger partial charge on any atom is -0.294 e. The molecular weight excluding hydrogens is 280 g/mol. The summed E-state index contributed by atoms with van der Waals surface area (Å²) in [7, 11) is 0. The second-order valence-electron chi connectivity index (χ2n) is 4.78. The average Bonchev–Trinajstić information content (AvgIpc) is 2.90. The molecule has 1 aromatic carbocycles. The van der Waals surface area contributed by atoms with E-state index in [0.717, 1.165) is 17.9 Å². The number of nitrogens with one attached hydrogen (secondary N) is 1. The lowest BCUT2D eigenvalue weighted by molar-refractivity contribution is 0.778. The predicted octanol–water partition coefficient (Wildman–Crippen LogP) is 3.61. The van der Waals surface area contributed by atoms with Gasteiger partial charge in [0.25, 0.3) is 0 Å². The maximum absolute atomic E-state index is 5.37. The molecule has 0 saturated carbocycles. The Hall–Kier alpha value is -2.27. The zero-order valence-corrected chi connectivity index (χ0v) is 12.6. The molecule has 0 atom stereocenters. The average molecular weight is 296 g/mol. The van der Waals surface area contributed by atoms with E-state index < -0.39 is 0 Å². The van der Waals surface area contributed by atoms with E-state index in [9.17, 15) is 0 Å². The Morgan fingerprint density at radius 3 is 2.57 bits per heavy atom. The van der Waals surface area contributed by atoms with Crippen LogP contribution in [0, 0.1) is 4.77 Å². The number of H-pyrrole nitrogens is 1. The van der Waals surface area contributed by atoms with Gasteiger partial charge in [-0.25, -0.2) is 0 Å². The molecule has 1 N–H and O–H groups in total. The molecule has 0 aliphatic carbocycles. The van der Waals surface area contributed by atoms with Crippen LogP contribution in [0.5, 0.6) is 0 Å². The number of rotatable bonds is 4. The standard InChI is InChI=1S/C16H16N4S/c1-2-12-7-3-4-8-13(12)11-20-15(18-19-16(20)21)14-9-5-6-10-17-14/h3-10H,2,11H2,1H3,(H,19,21). The number of nitrogens with zero attached hydrogens (tertiary/aromatic N) is 3. The molecule has 106 valence electrons. The molecule has 3 aromatic rings. The SMILES string of the molecule is CCc1ccccc1Cn1c(-c2ccccn2)n[nH]c1=S. The highest BCUT2D eigenvalue weighted by Gasteiger charge is 2.11. The zero-order chi connectivity index (χ0) is 14.7. The normalized spacial score (nSPS) is 10.7. The van der Waals surface area contributed by atoms with Gasteiger partial charge in [-0.1, -0.05) is 37.3 Å². The monoisotopic (exact) mass is 296 g/mol. The van der Waals surface area contributed by atoms with E-state index in [0.29, 0.717) is 11.3 Å². The van der Waals surface area contributed by atoms with Crippen molar-refractivity contribution < 1.29 is 0 Å². The van der Waals surface area contributed by atoms with Crippen LogP contribution >= 0.6 is 12.2 Å².